The van der Waals surface area contributed by atoms with Crippen LogP contribution in [-0.4, -0.2) is 39.8 Å². The highest BCUT2D eigenvalue weighted by Gasteiger charge is 2.32. The van der Waals surface area contributed by atoms with E-state index in [1.807, 2.05) is 30.1 Å². The zero-order valence-corrected chi connectivity index (χ0v) is 15.8. The predicted octanol–water partition coefficient (Wildman–Crippen LogP) is 2.92. The molecule has 6 nitrogen and oxygen atoms in total. The highest BCUT2D eigenvalue weighted by Crippen LogP contribution is 2.29. The van der Waals surface area contributed by atoms with E-state index >= 15 is 0 Å². The molecule has 1 atom stereocenters. The minimum absolute atomic E-state index is 0.0492. The molecule has 0 radical (unpaired) electrons. The van der Waals surface area contributed by atoms with Crippen LogP contribution < -0.4 is 10.2 Å². The lowest BCUT2D eigenvalue weighted by molar-refractivity contribution is -0.141. The zero-order chi connectivity index (χ0) is 20.6. The second-order valence-corrected chi connectivity index (χ2v) is 7.24. The van der Waals surface area contributed by atoms with Gasteiger partial charge in [0.25, 0.3) is 0 Å². The molecule has 0 spiro atoms. The number of fused-ring (bicyclic) bond motifs is 1. The smallest absolute Gasteiger partial charge is 0.368 e. The Morgan fingerprint density at radius 3 is 2.79 bits per heavy atom. The van der Waals surface area contributed by atoms with Crippen LogP contribution in [0.2, 0.25) is 0 Å². The molecule has 1 aliphatic heterocycles. The molecule has 3 heterocycles. The van der Waals surface area contributed by atoms with E-state index in [9.17, 15) is 18.0 Å². The van der Waals surface area contributed by atoms with Gasteiger partial charge in [-0.25, -0.2) is 4.98 Å². The van der Waals surface area contributed by atoms with Gasteiger partial charge in [-0.1, -0.05) is 6.07 Å². The molecule has 1 amide bonds. The third-order valence-electron chi connectivity index (χ3n) is 5.13. The SMILES string of the molecule is Cn1ncc2cc(CC(=O)N[C@@H]3CCN(c4ccc(C(F)(F)F)nc4)C3)ccc21. The third-order valence-corrected chi connectivity index (χ3v) is 5.13. The number of carbonyl (C=O) groups excluding carboxylic acids is 1. The van der Waals surface area contributed by atoms with Crippen LogP contribution in [0.25, 0.3) is 10.9 Å². The largest absolute Gasteiger partial charge is 0.433 e. The summed E-state index contributed by atoms with van der Waals surface area (Å²) in [6.45, 7) is 1.19. The standard InChI is InChI=1S/C20H20F3N5O/c1-27-17-4-2-13(8-14(17)10-25-27)9-19(29)26-15-6-7-28(12-15)16-3-5-18(24-11-16)20(21,22)23/h2-5,8,10-11,15H,6-7,9,12H2,1H3,(H,26,29)/t15-/m1/s1. The number of nitrogens with one attached hydrogen (secondary N) is 1. The molecule has 2 aromatic heterocycles. The molecular weight excluding hydrogens is 383 g/mol. The Morgan fingerprint density at radius 2 is 2.07 bits per heavy atom. The Kier molecular flexibility index (Phi) is 4.89. The summed E-state index contributed by atoms with van der Waals surface area (Å²) in [6.07, 6.45) is -0.448. The number of hydrogen-bond donors (Lipinski definition) is 1. The van der Waals surface area contributed by atoms with Crippen molar-refractivity contribution in [2.45, 2.75) is 25.1 Å². The molecule has 3 aromatic rings. The summed E-state index contributed by atoms with van der Waals surface area (Å²) in [5, 5.41) is 8.20. The molecule has 0 bridgehead atoms. The molecule has 4 rings (SSSR count). The van der Waals surface area contributed by atoms with Crippen LogP contribution in [-0.2, 0) is 24.4 Å². The van der Waals surface area contributed by atoms with Gasteiger partial charge >= 0.3 is 6.18 Å². The lowest BCUT2D eigenvalue weighted by Gasteiger charge is -2.19. The van der Waals surface area contributed by atoms with Crippen molar-refractivity contribution < 1.29 is 18.0 Å². The van der Waals surface area contributed by atoms with Crippen molar-refractivity contribution in [2.24, 2.45) is 7.05 Å². The van der Waals surface area contributed by atoms with E-state index in [1.165, 1.54) is 12.3 Å². The van der Waals surface area contributed by atoms with Crippen molar-refractivity contribution in [1.82, 2.24) is 20.1 Å². The van der Waals surface area contributed by atoms with Gasteiger partial charge in [0.05, 0.1) is 30.0 Å². The zero-order valence-electron chi connectivity index (χ0n) is 15.8. The van der Waals surface area contributed by atoms with E-state index in [1.54, 1.807) is 10.9 Å². The van der Waals surface area contributed by atoms with Gasteiger partial charge in [0.2, 0.25) is 5.91 Å². The number of halogens is 3. The van der Waals surface area contributed by atoms with E-state index in [-0.39, 0.29) is 18.4 Å². The molecule has 1 saturated heterocycles. The molecule has 1 aliphatic rings. The van der Waals surface area contributed by atoms with Gasteiger partial charge in [-0.3, -0.25) is 9.48 Å². The van der Waals surface area contributed by atoms with Crippen molar-refractivity contribution in [2.75, 3.05) is 18.0 Å². The Bertz CT molecular complexity index is 1030. The van der Waals surface area contributed by atoms with Crippen LogP contribution in [0.4, 0.5) is 18.9 Å². The molecule has 0 aliphatic carbocycles. The Morgan fingerprint density at radius 1 is 1.24 bits per heavy atom. The van der Waals surface area contributed by atoms with E-state index in [4.69, 9.17) is 0 Å². The molecule has 1 fully saturated rings. The highest BCUT2D eigenvalue weighted by atomic mass is 19.4. The van der Waals surface area contributed by atoms with Crippen LogP contribution in [0.1, 0.15) is 17.7 Å². The number of amides is 1. The van der Waals surface area contributed by atoms with Gasteiger partial charge in [0.1, 0.15) is 5.69 Å². The third kappa shape index (κ3) is 4.18. The quantitative estimate of drug-likeness (QED) is 0.728. The fourth-order valence-electron chi connectivity index (χ4n) is 3.64. The van der Waals surface area contributed by atoms with Gasteiger partial charge in [0.15, 0.2) is 0 Å². The minimum atomic E-state index is -4.45. The number of alkyl halides is 3. The maximum absolute atomic E-state index is 12.6. The average molecular weight is 403 g/mol. The number of aromatic nitrogens is 3. The summed E-state index contributed by atoms with van der Waals surface area (Å²) in [7, 11) is 1.87. The van der Waals surface area contributed by atoms with E-state index < -0.39 is 11.9 Å². The average Bonchev–Trinajstić information content (AvgIpc) is 3.28. The van der Waals surface area contributed by atoms with Crippen molar-refractivity contribution >= 4 is 22.5 Å². The van der Waals surface area contributed by atoms with Crippen molar-refractivity contribution in [1.29, 1.82) is 0 Å². The van der Waals surface area contributed by atoms with Crippen LogP contribution >= 0.6 is 0 Å². The number of aryl methyl sites for hydroxylation is 1. The fourth-order valence-corrected chi connectivity index (χ4v) is 3.64. The summed E-state index contributed by atoms with van der Waals surface area (Å²) < 4.78 is 39.7. The minimum Gasteiger partial charge on any atom is -0.368 e. The molecule has 152 valence electrons. The van der Waals surface area contributed by atoms with Crippen LogP contribution in [0, 0.1) is 0 Å². The fraction of sp³-hybridized carbons (Fsp3) is 0.350. The normalized spacial score (nSPS) is 17.1. The lowest BCUT2D eigenvalue weighted by atomic mass is 10.1. The van der Waals surface area contributed by atoms with Crippen molar-refractivity contribution in [3.63, 3.8) is 0 Å². The second kappa shape index (κ2) is 7.38. The first-order chi connectivity index (χ1) is 13.8. The molecular formula is C20H20F3N5O. The predicted molar refractivity (Wildman–Crippen MR) is 102 cm³/mol. The lowest BCUT2D eigenvalue weighted by Crippen LogP contribution is -2.38. The molecule has 9 heteroatoms. The topological polar surface area (TPSA) is 63.1 Å². The summed E-state index contributed by atoms with van der Waals surface area (Å²) in [5.41, 5.74) is 1.63. The molecule has 0 saturated carbocycles. The van der Waals surface area contributed by atoms with Gasteiger partial charge in [-0.2, -0.15) is 18.3 Å². The summed E-state index contributed by atoms with van der Waals surface area (Å²) in [6, 6.07) is 8.17. The number of anilines is 1. The molecule has 1 aromatic carbocycles. The Hall–Kier alpha value is -3.10. The van der Waals surface area contributed by atoms with Gasteiger partial charge in [0, 0.05) is 31.6 Å². The first-order valence-electron chi connectivity index (χ1n) is 9.28. The van der Waals surface area contributed by atoms with Gasteiger partial charge in [-0.15, -0.1) is 0 Å². The Balaban J connectivity index is 1.33. The monoisotopic (exact) mass is 403 g/mol. The maximum atomic E-state index is 12.6. The molecule has 29 heavy (non-hydrogen) atoms. The van der Waals surface area contributed by atoms with Crippen LogP contribution in [0.15, 0.2) is 42.7 Å². The summed E-state index contributed by atoms with van der Waals surface area (Å²) in [4.78, 5) is 17.9. The number of hydrogen-bond acceptors (Lipinski definition) is 4. The number of pyridine rings is 1. The molecule has 0 unspecified atom stereocenters. The Labute approximate surface area is 165 Å². The number of rotatable bonds is 4. The van der Waals surface area contributed by atoms with Gasteiger partial charge < -0.3 is 10.2 Å². The van der Waals surface area contributed by atoms with Crippen molar-refractivity contribution in [3.8, 4) is 0 Å². The van der Waals surface area contributed by atoms with Crippen LogP contribution in [0.5, 0.6) is 0 Å². The number of nitrogens with zero attached hydrogens (tertiary/aromatic N) is 4. The van der Waals surface area contributed by atoms with Crippen molar-refractivity contribution in [3.05, 3.63) is 54.0 Å². The van der Waals surface area contributed by atoms with Gasteiger partial charge in [-0.05, 0) is 36.2 Å². The molecule has 1 N–H and O–H groups in total. The van der Waals surface area contributed by atoms with Crippen LogP contribution in [0.3, 0.4) is 0 Å². The van der Waals surface area contributed by atoms with E-state index in [2.05, 4.69) is 15.4 Å². The number of benzene rings is 1. The first-order valence-corrected chi connectivity index (χ1v) is 9.28. The highest BCUT2D eigenvalue weighted by molar-refractivity contribution is 5.83. The summed E-state index contributed by atoms with van der Waals surface area (Å²) in [5.74, 6) is -0.0781. The second-order valence-electron chi connectivity index (χ2n) is 7.24. The van der Waals surface area contributed by atoms with E-state index in [0.29, 0.717) is 18.8 Å². The maximum Gasteiger partial charge on any atom is 0.433 e. The number of carbonyl (C=O) groups is 1. The van der Waals surface area contributed by atoms with E-state index in [0.717, 1.165) is 29.0 Å². The summed E-state index contributed by atoms with van der Waals surface area (Å²) >= 11 is 0. The first kappa shape index (κ1) is 19.2.